The summed E-state index contributed by atoms with van der Waals surface area (Å²) in [7, 11) is 0. The first-order valence-electron chi connectivity index (χ1n) is 8.62. The number of rotatable bonds is 3. The molecule has 4 aromatic rings. The number of anilines is 1. The Morgan fingerprint density at radius 3 is 2.96 bits per heavy atom. The number of carbonyl (C=O) groups excluding carboxylic acids is 1. The normalized spacial score (nSPS) is 17.2. The second-order valence-electron chi connectivity index (χ2n) is 6.55. The molecule has 6 nitrogen and oxygen atoms in total. The van der Waals surface area contributed by atoms with Crippen LogP contribution in [0, 0.1) is 5.92 Å². The van der Waals surface area contributed by atoms with Crippen molar-refractivity contribution >= 4 is 43.5 Å². The zero-order valence-corrected chi connectivity index (χ0v) is 14.8. The van der Waals surface area contributed by atoms with E-state index in [9.17, 15) is 4.79 Å². The number of aromatic amines is 1. The minimum atomic E-state index is 0.0410. The van der Waals surface area contributed by atoms with E-state index in [1.165, 1.54) is 11.3 Å². The Hall–Kier alpha value is -2.77. The topological polar surface area (TPSA) is 82.7 Å². The lowest BCUT2D eigenvalue weighted by Crippen LogP contribution is -2.24. The summed E-state index contributed by atoms with van der Waals surface area (Å²) >= 11 is 1.52. The van der Waals surface area contributed by atoms with Crippen LogP contribution in [0.15, 0.2) is 42.6 Å². The molecule has 0 aliphatic carbocycles. The van der Waals surface area contributed by atoms with E-state index in [-0.39, 0.29) is 11.8 Å². The molecule has 1 aliphatic rings. The van der Waals surface area contributed by atoms with Crippen LogP contribution in [0.5, 0.6) is 0 Å². The summed E-state index contributed by atoms with van der Waals surface area (Å²) in [6.07, 6.45) is 2.72. The van der Waals surface area contributed by atoms with E-state index in [0.29, 0.717) is 5.13 Å². The first-order chi connectivity index (χ1) is 12.8. The fraction of sp³-hybridized carbons (Fsp3) is 0.211. The molecule has 1 fully saturated rings. The van der Waals surface area contributed by atoms with E-state index in [2.05, 4.69) is 50.1 Å². The third-order valence-corrected chi connectivity index (χ3v) is 5.76. The SMILES string of the molecule is O=C(Nc1nc2ccc(-c3ccc4[nH]ncc4c3)cc2s1)C1CCNC1. The predicted molar refractivity (Wildman–Crippen MR) is 104 cm³/mol. The molecule has 3 N–H and O–H groups in total. The predicted octanol–water partition coefficient (Wildman–Crippen LogP) is 3.39. The fourth-order valence-electron chi connectivity index (χ4n) is 3.37. The molecule has 5 rings (SSSR count). The van der Waals surface area contributed by atoms with Gasteiger partial charge in [0.05, 0.1) is 27.8 Å². The van der Waals surface area contributed by atoms with E-state index in [0.717, 1.165) is 51.8 Å². The fourth-order valence-corrected chi connectivity index (χ4v) is 4.27. The molecule has 2 aromatic carbocycles. The molecule has 7 heteroatoms. The summed E-state index contributed by atoms with van der Waals surface area (Å²) in [5.74, 6) is 0.0962. The van der Waals surface area contributed by atoms with Crippen LogP contribution < -0.4 is 10.6 Å². The maximum Gasteiger partial charge on any atom is 0.230 e. The summed E-state index contributed by atoms with van der Waals surface area (Å²) in [6.45, 7) is 1.65. The van der Waals surface area contributed by atoms with Gasteiger partial charge in [-0.05, 0) is 48.4 Å². The number of H-pyrrole nitrogens is 1. The van der Waals surface area contributed by atoms with Gasteiger partial charge >= 0.3 is 0 Å². The van der Waals surface area contributed by atoms with Crippen LogP contribution in [0.2, 0.25) is 0 Å². The number of thiazole rings is 1. The number of hydrogen-bond donors (Lipinski definition) is 3. The number of amides is 1. The summed E-state index contributed by atoms with van der Waals surface area (Å²) in [4.78, 5) is 16.8. The lowest BCUT2D eigenvalue weighted by molar-refractivity contribution is -0.119. The van der Waals surface area contributed by atoms with Gasteiger partial charge in [-0.15, -0.1) is 0 Å². The van der Waals surface area contributed by atoms with Gasteiger partial charge in [0.15, 0.2) is 5.13 Å². The smallest absolute Gasteiger partial charge is 0.230 e. The molecular weight excluding hydrogens is 346 g/mol. The van der Waals surface area contributed by atoms with Crippen molar-refractivity contribution in [2.45, 2.75) is 6.42 Å². The summed E-state index contributed by atoms with van der Waals surface area (Å²) in [5.41, 5.74) is 4.20. The lowest BCUT2D eigenvalue weighted by Gasteiger charge is -2.06. The van der Waals surface area contributed by atoms with Crippen LogP contribution in [0.3, 0.4) is 0 Å². The maximum absolute atomic E-state index is 12.3. The summed E-state index contributed by atoms with van der Waals surface area (Å²) in [6, 6.07) is 12.4. The minimum Gasteiger partial charge on any atom is -0.316 e. The van der Waals surface area contributed by atoms with Crippen molar-refractivity contribution in [2.24, 2.45) is 5.92 Å². The van der Waals surface area contributed by atoms with Gasteiger partial charge in [-0.25, -0.2) is 4.98 Å². The number of benzene rings is 2. The van der Waals surface area contributed by atoms with Crippen molar-refractivity contribution in [3.8, 4) is 11.1 Å². The van der Waals surface area contributed by atoms with Crippen LogP contribution in [-0.2, 0) is 4.79 Å². The van der Waals surface area contributed by atoms with Crippen molar-refractivity contribution < 1.29 is 4.79 Å². The molecule has 1 atom stereocenters. The number of carbonyl (C=O) groups is 1. The van der Waals surface area contributed by atoms with E-state index in [4.69, 9.17) is 0 Å². The van der Waals surface area contributed by atoms with Crippen LogP contribution in [0.1, 0.15) is 6.42 Å². The monoisotopic (exact) mass is 363 g/mol. The molecule has 1 aliphatic heterocycles. The van der Waals surface area contributed by atoms with Gasteiger partial charge in [-0.3, -0.25) is 9.89 Å². The second kappa shape index (κ2) is 6.19. The minimum absolute atomic E-state index is 0.0410. The number of nitrogens with one attached hydrogen (secondary N) is 3. The third kappa shape index (κ3) is 2.75. The van der Waals surface area contributed by atoms with Crippen molar-refractivity contribution in [1.82, 2.24) is 20.5 Å². The Morgan fingerprint density at radius 1 is 1.19 bits per heavy atom. The molecule has 0 spiro atoms. The van der Waals surface area contributed by atoms with Gasteiger partial charge in [0.25, 0.3) is 0 Å². The zero-order chi connectivity index (χ0) is 17.5. The molecule has 1 amide bonds. The molecule has 0 radical (unpaired) electrons. The molecule has 0 saturated carbocycles. The third-order valence-electron chi connectivity index (χ3n) is 4.82. The van der Waals surface area contributed by atoms with Crippen molar-refractivity contribution in [3.05, 3.63) is 42.6 Å². The Balaban J connectivity index is 1.44. The standard InChI is InChI=1S/C19H17N5OS/c25-18(13-5-6-20-9-13)23-19-22-16-4-2-12(8-17(16)26-19)11-1-3-15-14(7-11)10-21-24-15/h1-4,7-8,10,13,20H,5-6,9H2,(H,21,24)(H,22,23,25). The highest BCUT2D eigenvalue weighted by molar-refractivity contribution is 7.22. The van der Waals surface area contributed by atoms with Crippen molar-refractivity contribution in [2.75, 3.05) is 18.4 Å². The highest BCUT2D eigenvalue weighted by Gasteiger charge is 2.23. The molecule has 3 heterocycles. The molecule has 0 bridgehead atoms. The Morgan fingerprint density at radius 2 is 2.08 bits per heavy atom. The maximum atomic E-state index is 12.3. The quantitative estimate of drug-likeness (QED) is 0.521. The Kier molecular flexibility index (Phi) is 3.69. The van der Waals surface area contributed by atoms with Gasteiger partial charge in [0, 0.05) is 11.9 Å². The molecule has 2 aromatic heterocycles. The number of hydrogen-bond acceptors (Lipinski definition) is 5. The van der Waals surface area contributed by atoms with Gasteiger partial charge in [-0.1, -0.05) is 23.5 Å². The first-order valence-corrected chi connectivity index (χ1v) is 9.43. The molecule has 1 unspecified atom stereocenters. The van der Waals surface area contributed by atoms with E-state index < -0.39 is 0 Å². The van der Waals surface area contributed by atoms with Crippen molar-refractivity contribution in [3.63, 3.8) is 0 Å². The average molecular weight is 363 g/mol. The molecular formula is C19H17N5OS. The number of aromatic nitrogens is 3. The van der Waals surface area contributed by atoms with Crippen molar-refractivity contribution in [1.29, 1.82) is 0 Å². The highest BCUT2D eigenvalue weighted by Crippen LogP contribution is 2.31. The van der Waals surface area contributed by atoms with Gasteiger partial charge in [-0.2, -0.15) is 5.10 Å². The van der Waals surface area contributed by atoms with Crippen LogP contribution >= 0.6 is 11.3 Å². The van der Waals surface area contributed by atoms with E-state index in [1.54, 1.807) is 0 Å². The summed E-state index contributed by atoms with van der Waals surface area (Å²) in [5, 5.41) is 15.0. The molecule has 130 valence electrons. The number of fused-ring (bicyclic) bond motifs is 2. The molecule has 1 saturated heterocycles. The van der Waals surface area contributed by atoms with Crippen LogP contribution in [0.25, 0.3) is 32.2 Å². The van der Waals surface area contributed by atoms with Crippen LogP contribution in [-0.4, -0.2) is 34.2 Å². The molecule has 26 heavy (non-hydrogen) atoms. The Labute approximate surface area is 153 Å². The highest BCUT2D eigenvalue weighted by atomic mass is 32.1. The number of nitrogens with zero attached hydrogens (tertiary/aromatic N) is 2. The van der Waals surface area contributed by atoms with Crippen LogP contribution in [0.4, 0.5) is 5.13 Å². The van der Waals surface area contributed by atoms with Gasteiger partial charge < -0.3 is 10.6 Å². The Bertz CT molecular complexity index is 1110. The second-order valence-corrected chi connectivity index (χ2v) is 7.58. The average Bonchev–Trinajstić information content (AvgIpc) is 3.39. The summed E-state index contributed by atoms with van der Waals surface area (Å²) < 4.78 is 1.06. The van der Waals surface area contributed by atoms with E-state index >= 15 is 0 Å². The van der Waals surface area contributed by atoms with Gasteiger partial charge in [0.2, 0.25) is 5.91 Å². The lowest BCUT2D eigenvalue weighted by atomic mass is 10.0. The zero-order valence-electron chi connectivity index (χ0n) is 14.0. The van der Waals surface area contributed by atoms with Gasteiger partial charge in [0.1, 0.15) is 0 Å². The largest absolute Gasteiger partial charge is 0.316 e. The first kappa shape index (κ1) is 15.5. The van der Waals surface area contributed by atoms with E-state index in [1.807, 2.05) is 18.3 Å².